The normalized spacial score (nSPS) is 13.2. The Kier molecular flexibility index (Phi) is 7.52. The molecule has 0 saturated heterocycles. The molecule has 6 nitrogen and oxygen atoms in total. The summed E-state index contributed by atoms with van der Waals surface area (Å²) in [5.74, 6) is -1.70. The molecule has 10 heteroatoms. The third kappa shape index (κ3) is 4.70. The summed E-state index contributed by atoms with van der Waals surface area (Å²) in [7, 11) is 0. The Labute approximate surface area is 188 Å². The molecule has 0 bridgehead atoms. The number of allylic oxidation sites excluding steroid dienone is 1. The van der Waals surface area contributed by atoms with Gasteiger partial charge in [0.05, 0.1) is 29.0 Å². The predicted molar refractivity (Wildman–Crippen MR) is 111 cm³/mol. The van der Waals surface area contributed by atoms with Crippen molar-refractivity contribution in [1.29, 1.82) is 5.26 Å². The maximum atomic E-state index is 13.2. The first-order valence-corrected chi connectivity index (χ1v) is 9.93. The van der Waals surface area contributed by atoms with Gasteiger partial charge in [-0.3, -0.25) is 9.78 Å². The van der Waals surface area contributed by atoms with Gasteiger partial charge in [-0.05, 0) is 32.9 Å². The molecule has 170 valence electrons. The van der Waals surface area contributed by atoms with Crippen molar-refractivity contribution in [2.75, 3.05) is 6.61 Å². The number of alkyl halides is 3. The number of pyridine rings is 1. The lowest BCUT2D eigenvalue weighted by Gasteiger charge is -2.24. The molecule has 0 N–H and O–H groups in total. The fraction of sp³-hybridized carbons (Fsp3) is 0.364. The van der Waals surface area contributed by atoms with E-state index in [-0.39, 0.29) is 12.2 Å². The molecule has 2 aromatic rings. The number of aryl methyl sites for hydroxylation is 1. The molecule has 0 aliphatic heterocycles. The van der Waals surface area contributed by atoms with Crippen molar-refractivity contribution in [3.8, 4) is 6.07 Å². The van der Waals surface area contributed by atoms with Crippen LogP contribution in [-0.4, -0.2) is 27.9 Å². The SMILES string of the molecule is C=CCn1c(C)cc(C(=O)C[C@](C#N)(C(=O)OCC)c2ncc(C(F)(F)F)cc2Cl)c1C. The van der Waals surface area contributed by atoms with Crippen LogP contribution in [0.4, 0.5) is 13.2 Å². The van der Waals surface area contributed by atoms with E-state index < -0.39 is 46.0 Å². The zero-order valence-electron chi connectivity index (χ0n) is 17.7. The van der Waals surface area contributed by atoms with Crippen LogP contribution >= 0.6 is 11.6 Å². The number of nitrogens with zero attached hydrogens (tertiary/aromatic N) is 3. The van der Waals surface area contributed by atoms with Crippen molar-refractivity contribution in [2.24, 2.45) is 0 Å². The van der Waals surface area contributed by atoms with Gasteiger partial charge in [0, 0.05) is 36.1 Å². The van der Waals surface area contributed by atoms with E-state index in [1.807, 2.05) is 4.57 Å². The molecule has 0 aromatic carbocycles. The molecule has 2 rings (SSSR count). The Morgan fingerprint density at radius 3 is 2.50 bits per heavy atom. The van der Waals surface area contributed by atoms with Gasteiger partial charge in [0.1, 0.15) is 0 Å². The molecule has 2 aromatic heterocycles. The van der Waals surface area contributed by atoms with Crippen LogP contribution in [-0.2, 0) is 27.7 Å². The second-order valence-electron chi connectivity index (χ2n) is 7.07. The van der Waals surface area contributed by atoms with Gasteiger partial charge >= 0.3 is 12.1 Å². The number of nitriles is 1. The highest BCUT2D eigenvalue weighted by Gasteiger charge is 2.48. The van der Waals surface area contributed by atoms with Crippen LogP contribution in [0.1, 0.15) is 46.3 Å². The third-order valence-corrected chi connectivity index (χ3v) is 5.29. The Bertz CT molecular complexity index is 1100. The molecular formula is C22H21ClF3N3O3. The van der Waals surface area contributed by atoms with Crippen LogP contribution in [0.5, 0.6) is 0 Å². The van der Waals surface area contributed by atoms with Gasteiger partial charge < -0.3 is 9.30 Å². The average Bonchev–Trinajstić information content (AvgIpc) is 3.00. The van der Waals surface area contributed by atoms with Crippen LogP contribution in [0.25, 0.3) is 0 Å². The molecule has 2 heterocycles. The molecule has 0 saturated carbocycles. The van der Waals surface area contributed by atoms with Crippen LogP contribution in [0.2, 0.25) is 5.02 Å². The smallest absolute Gasteiger partial charge is 0.417 e. The highest BCUT2D eigenvalue weighted by molar-refractivity contribution is 6.31. The van der Waals surface area contributed by atoms with Crippen LogP contribution < -0.4 is 0 Å². The van der Waals surface area contributed by atoms with E-state index in [2.05, 4.69) is 11.6 Å². The zero-order valence-corrected chi connectivity index (χ0v) is 18.5. The first kappa shape index (κ1) is 25.1. The number of esters is 1. The molecule has 0 aliphatic carbocycles. The molecule has 32 heavy (non-hydrogen) atoms. The van der Waals surface area contributed by atoms with Gasteiger partial charge in [0.15, 0.2) is 5.78 Å². The maximum Gasteiger partial charge on any atom is 0.417 e. The largest absolute Gasteiger partial charge is 0.464 e. The highest BCUT2D eigenvalue weighted by Crippen LogP contribution is 2.38. The number of rotatable bonds is 8. The fourth-order valence-corrected chi connectivity index (χ4v) is 3.71. The molecule has 0 aliphatic rings. The monoisotopic (exact) mass is 467 g/mol. The van der Waals surface area contributed by atoms with Gasteiger partial charge in [-0.25, -0.2) is 4.79 Å². The van der Waals surface area contributed by atoms with E-state index in [1.165, 1.54) is 6.92 Å². The minimum atomic E-state index is -4.73. The number of carbonyl (C=O) groups is 2. The van der Waals surface area contributed by atoms with E-state index >= 15 is 0 Å². The van der Waals surface area contributed by atoms with E-state index in [9.17, 15) is 28.0 Å². The molecule has 1 atom stereocenters. The number of hydrogen-bond acceptors (Lipinski definition) is 5. The molecule has 0 spiro atoms. The number of ether oxygens (including phenoxy) is 1. The summed E-state index contributed by atoms with van der Waals surface area (Å²) in [6, 6.07) is 3.91. The molecule has 0 radical (unpaired) electrons. The quantitative estimate of drug-likeness (QED) is 0.311. The molecule has 0 amide bonds. The van der Waals surface area contributed by atoms with E-state index in [1.54, 1.807) is 32.1 Å². The summed E-state index contributed by atoms with van der Waals surface area (Å²) in [5, 5.41) is 9.38. The number of carbonyl (C=O) groups excluding carboxylic acids is 2. The molecule has 0 unspecified atom stereocenters. The number of aromatic nitrogens is 2. The topological polar surface area (TPSA) is 85.0 Å². The number of ketones is 1. The summed E-state index contributed by atoms with van der Waals surface area (Å²) in [5.41, 5.74) is -2.33. The van der Waals surface area contributed by atoms with E-state index in [0.717, 1.165) is 5.69 Å². The Hall–Kier alpha value is -3.12. The van der Waals surface area contributed by atoms with Crippen molar-refractivity contribution in [2.45, 2.75) is 45.3 Å². The minimum Gasteiger partial charge on any atom is -0.464 e. The second-order valence-corrected chi connectivity index (χ2v) is 7.48. The summed E-state index contributed by atoms with van der Waals surface area (Å²) < 4.78 is 45.9. The van der Waals surface area contributed by atoms with Gasteiger partial charge in [0.2, 0.25) is 5.41 Å². The first-order valence-electron chi connectivity index (χ1n) is 9.55. The van der Waals surface area contributed by atoms with Gasteiger partial charge in [-0.2, -0.15) is 18.4 Å². The summed E-state index contributed by atoms with van der Waals surface area (Å²) >= 11 is 6.03. The Morgan fingerprint density at radius 2 is 2.00 bits per heavy atom. The van der Waals surface area contributed by atoms with Crippen LogP contribution in [0.3, 0.4) is 0 Å². The summed E-state index contributed by atoms with van der Waals surface area (Å²) in [6.07, 6.45) is -3.32. The molecule has 0 fully saturated rings. The van der Waals surface area contributed by atoms with E-state index in [4.69, 9.17) is 16.3 Å². The number of Topliss-reactive ketones (excluding diaryl/α,β-unsaturated/α-hetero) is 1. The van der Waals surface area contributed by atoms with Crippen LogP contribution in [0, 0.1) is 25.2 Å². The lowest BCUT2D eigenvalue weighted by molar-refractivity contribution is -0.148. The van der Waals surface area contributed by atoms with Crippen molar-refractivity contribution in [3.63, 3.8) is 0 Å². The first-order chi connectivity index (χ1) is 14.9. The standard InChI is InChI=1S/C22H21ClF3N3O3/c1-5-7-29-13(3)8-16(14(29)4)18(30)10-21(12-27,20(31)32-6-2)19-17(23)9-15(11-28-19)22(24,25)26/h5,8-9,11H,1,6-7,10H2,2-4H3/t21-/m1/s1. The highest BCUT2D eigenvalue weighted by atomic mass is 35.5. The van der Waals surface area contributed by atoms with Crippen molar-refractivity contribution in [1.82, 2.24) is 9.55 Å². The Balaban J connectivity index is 2.62. The van der Waals surface area contributed by atoms with Crippen LogP contribution in [0.15, 0.2) is 31.0 Å². The number of halogens is 4. The molecular weight excluding hydrogens is 447 g/mol. The van der Waals surface area contributed by atoms with E-state index in [0.29, 0.717) is 24.5 Å². The average molecular weight is 468 g/mol. The van der Waals surface area contributed by atoms with Gasteiger partial charge in [-0.1, -0.05) is 17.7 Å². The third-order valence-electron chi connectivity index (χ3n) is 5.00. The van der Waals surface area contributed by atoms with Crippen molar-refractivity contribution < 1.29 is 27.5 Å². The maximum absolute atomic E-state index is 13.2. The van der Waals surface area contributed by atoms with Crippen molar-refractivity contribution >= 4 is 23.4 Å². The van der Waals surface area contributed by atoms with Crippen molar-refractivity contribution in [3.05, 3.63) is 64.2 Å². The van der Waals surface area contributed by atoms with Gasteiger partial charge in [-0.15, -0.1) is 6.58 Å². The lowest BCUT2D eigenvalue weighted by atomic mass is 9.79. The Morgan fingerprint density at radius 1 is 1.34 bits per heavy atom. The fourth-order valence-electron chi connectivity index (χ4n) is 3.38. The zero-order chi connectivity index (χ0) is 24.3. The van der Waals surface area contributed by atoms with Gasteiger partial charge in [0.25, 0.3) is 0 Å². The number of hydrogen-bond donors (Lipinski definition) is 0. The summed E-state index contributed by atoms with van der Waals surface area (Å²) in [4.78, 5) is 29.7. The summed E-state index contributed by atoms with van der Waals surface area (Å²) in [6.45, 7) is 8.96. The lowest BCUT2D eigenvalue weighted by Crippen LogP contribution is -2.40. The second kappa shape index (κ2) is 9.57. The predicted octanol–water partition coefficient (Wildman–Crippen LogP) is 4.96. The minimum absolute atomic E-state index is 0.122.